The molecule has 0 amide bonds. The SMILES string of the molecule is CCCc1ccc(C(Cl)CC2CC2)cc1. The van der Waals surface area contributed by atoms with Crippen LogP contribution in [0.4, 0.5) is 0 Å². The second-order valence-electron chi connectivity index (χ2n) is 4.64. The molecule has 0 spiro atoms. The molecule has 1 aliphatic rings. The minimum Gasteiger partial charge on any atom is -0.118 e. The van der Waals surface area contributed by atoms with E-state index in [1.807, 2.05) is 0 Å². The van der Waals surface area contributed by atoms with E-state index in [0.717, 1.165) is 12.3 Å². The predicted octanol–water partition coefficient (Wildman–Crippen LogP) is 4.72. The highest BCUT2D eigenvalue weighted by Crippen LogP contribution is 2.40. The Morgan fingerprint density at radius 1 is 1.27 bits per heavy atom. The van der Waals surface area contributed by atoms with Crippen LogP contribution in [0.25, 0.3) is 0 Å². The van der Waals surface area contributed by atoms with Crippen molar-refractivity contribution in [1.82, 2.24) is 0 Å². The Morgan fingerprint density at radius 2 is 1.93 bits per heavy atom. The molecule has 1 heteroatoms. The van der Waals surface area contributed by atoms with Gasteiger partial charge in [0.1, 0.15) is 0 Å². The number of alkyl halides is 1. The molecule has 0 heterocycles. The maximum absolute atomic E-state index is 6.37. The Bertz CT molecular complexity index is 298. The standard InChI is InChI=1S/C14H19Cl/c1-2-3-11-6-8-13(9-7-11)14(15)10-12-4-5-12/h6-9,12,14H,2-5,10H2,1H3. The molecule has 0 aliphatic heterocycles. The number of benzene rings is 1. The van der Waals surface area contributed by atoms with Gasteiger partial charge in [-0.15, -0.1) is 11.6 Å². The molecule has 0 radical (unpaired) electrons. The van der Waals surface area contributed by atoms with Crippen LogP contribution in [0.1, 0.15) is 49.1 Å². The van der Waals surface area contributed by atoms with Crippen LogP contribution < -0.4 is 0 Å². The number of rotatable bonds is 5. The monoisotopic (exact) mass is 222 g/mol. The van der Waals surface area contributed by atoms with E-state index >= 15 is 0 Å². The highest BCUT2D eigenvalue weighted by Gasteiger charge is 2.25. The summed E-state index contributed by atoms with van der Waals surface area (Å²) in [6.07, 6.45) is 6.32. The van der Waals surface area contributed by atoms with E-state index in [0.29, 0.717) is 0 Å². The molecule has 0 N–H and O–H groups in total. The van der Waals surface area contributed by atoms with Gasteiger partial charge < -0.3 is 0 Å². The lowest BCUT2D eigenvalue weighted by Crippen LogP contribution is -1.92. The Labute approximate surface area is 97.6 Å². The average Bonchev–Trinajstić information content (AvgIpc) is 3.03. The van der Waals surface area contributed by atoms with Crippen LogP contribution in [0.15, 0.2) is 24.3 Å². The zero-order chi connectivity index (χ0) is 10.7. The van der Waals surface area contributed by atoms with Gasteiger partial charge in [0.2, 0.25) is 0 Å². The van der Waals surface area contributed by atoms with Crippen molar-refractivity contribution in [3.05, 3.63) is 35.4 Å². The third-order valence-corrected chi connectivity index (χ3v) is 3.55. The van der Waals surface area contributed by atoms with E-state index in [1.54, 1.807) is 0 Å². The van der Waals surface area contributed by atoms with E-state index in [2.05, 4.69) is 31.2 Å². The maximum Gasteiger partial charge on any atom is 0.0587 e. The fourth-order valence-electron chi connectivity index (χ4n) is 1.96. The van der Waals surface area contributed by atoms with Crippen LogP contribution in [0.3, 0.4) is 0 Å². The lowest BCUT2D eigenvalue weighted by Gasteiger charge is -2.09. The quantitative estimate of drug-likeness (QED) is 0.633. The predicted molar refractivity (Wildman–Crippen MR) is 66.4 cm³/mol. The van der Waals surface area contributed by atoms with Gasteiger partial charge in [0.25, 0.3) is 0 Å². The van der Waals surface area contributed by atoms with E-state index in [4.69, 9.17) is 11.6 Å². The topological polar surface area (TPSA) is 0 Å². The fourth-order valence-corrected chi connectivity index (χ4v) is 2.36. The molecular formula is C14H19Cl. The summed E-state index contributed by atoms with van der Waals surface area (Å²) in [5.41, 5.74) is 2.72. The molecular weight excluding hydrogens is 204 g/mol. The van der Waals surface area contributed by atoms with E-state index < -0.39 is 0 Å². The number of hydrogen-bond donors (Lipinski definition) is 0. The Balaban J connectivity index is 1.95. The summed E-state index contributed by atoms with van der Waals surface area (Å²) in [6.45, 7) is 2.21. The number of hydrogen-bond acceptors (Lipinski definition) is 0. The Morgan fingerprint density at radius 3 is 2.47 bits per heavy atom. The highest BCUT2D eigenvalue weighted by molar-refractivity contribution is 6.20. The number of aryl methyl sites for hydroxylation is 1. The lowest BCUT2D eigenvalue weighted by molar-refractivity contribution is 0.706. The van der Waals surface area contributed by atoms with Crippen molar-refractivity contribution in [1.29, 1.82) is 0 Å². The van der Waals surface area contributed by atoms with Crippen molar-refractivity contribution in [2.45, 2.75) is 44.4 Å². The third kappa shape index (κ3) is 3.24. The van der Waals surface area contributed by atoms with Gasteiger partial charge in [-0.05, 0) is 29.9 Å². The normalized spacial score (nSPS) is 17.7. The molecule has 0 saturated heterocycles. The summed E-state index contributed by atoms with van der Waals surface area (Å²) in [4.78, 5) is 0. The van der Waals surface area contributed by atoms with Crippen LogP contribution in [0, 0.1) is 5.92 Å². The van der Waals surface area contributed by atoms with Crippen molar-refractivity contribution < 1.29 is 0 Å². The molecule has 0 nitrogen and oxygen atoms in total. The van der Waals surface area contributed by atoms with Crippen molar-refractivity contribution in [2.75, 3.05) is 0 Å². The highest BCUT2D eigenvalue weighted by atomic mass is 35.5. The average molecular weight is 223 g/mol. The van der Waals surface area contributed by atoms with Gasteiger partial charge in [-0.1, -0.05) is 50.5 Å². The van der Waals surface area contributed by atoms with Gasteiger partial charge in [-0.2, -0.15) is 0 Å². The minimum atomic E-state index is 0.230. The molecule has 15 heavy (non-hydrogen) atoms. The molecule has 1 aliphatic carbocycles. The molecule has 1 fully saturated rings. The molecule has 0 aromatic heterocycles. The van der Waals surface area contributed by atoms with Gasteiger partial charge in [-0.3, -0.25) is 0 Å². The van der Waals surface area contributed by atoms with Crippen molar-refractivity contribution in [3.8, 4) is 0 Å². The van der Waals surface area contributed by atoms with E-state index in [9.17, 15) is 0 Å². The molecule has 1 atom stereocenters. The minimum absolute atomic E-state index is 0.230. The van der Waals surface area contributed by atoms with Gasteiger partial charge in [-0.25, -0.2) is 0 Å². The fraction of sp³-hybridized carbons (Fsp3) is 0.571. The second kappa shape index (κ2) is 5.03. The molecule has 2 rings (SSSR count). The summed E-state index contributed by atoms with van der Waals surface area (Å²) < 4.78 is 0. The molecule has 82 valence electrons. The number of halogens is 1. The van der Waals surface area contributed by atoms with Crippen molar-refractivity contribution in [3.63, 3.8) is 0 Å². The van der Waals surface area contributed by atoms with Crippen molar-refractivity contribution in [2.24, 2.45) is 5.92 Å². The van der Waals surface area contributed by atoms with Crippen LogP contribution in [-0.4, -0.2) is 0 Å². The van der Waals surface area contributed by atoms with Crippen LogP contribution >= 0.6 is 11.6 Å². The Hall–Kier alpha value is -0.490. The summed E-state index contributed by atoms with van der Waals surface area (Å²) in [7, 11) is 0. The largest absolute Gasteiger partial charge is 0.118 e. The van der Waals surface area contributed by atoms with Gasteiger partial charge in [0.15, 0.2) is 0 Å². The van der Waals surface area contributed by atoms with Gasteiger partial charge in [0, 0.05) is 0 Å². The van der Waals surface area contributed by atoms with Gasteiger partial charge in [0.05, 0.1) is 5.38 Å². The zero-order valence-corrected chi connectivity index (χ0v) is 10.1. The lowest BCUT2D eigenvalue weighted by atomic mass is 10.0. The second-order valence-corrected chi connectivity index (χ2v) is 5.17. The summed E-state index contributed by atoms with van der Waals surface area (Å²) in [5, 5.41) is 0.230. The smallest absolute Gasteiger partial charge is 0.0587 e. The third-order valence-electron chi connectivity index (χ3n) is 3.12. The van der Waals surface area contributed by atoms with Gasteiger partial charge >= 0.3 is 0 Å². The molecule has 1 saturated carbocycles. The van der Waals surface area contributed by atoms with Crippen LogP contribution in [0.5, 0.6) is 0 Å². The molecule has 1 unspecified atom stereocenters. The summed E-state index contributed by atoms with van der Waals surface area (Å²) in [5.74, 6) is 0.905. The van der Waals surface area contributed by atoms with Crippen LogP contribution in [0.2, 0.25) is 0 Å². The molecule has 1 aromatic carbocycles. The summed E-state index contributed by atoms with van der Waals surface area (Å²) >= 11 is 6.37. The van der Waals surface area contributed by atoms with E-state index in [1.165, 1.54) is 36.8 Å². The maximum atomic E-state index is 6.37. The first-order chi connectivity index (χ1) is 7.29. The van der Waals surface area contributed by atoms with Crippen LogP contribution in [-0.2, 0) is 6.42 Å². The first-order valence-corrected chi connectivity index (χ1v) is 6.46. The van der Waals surface area contributed by atoms with Crippen molar-refractivity contribution >= 4 is 11.6 Å². The summed E-state index contributed by atoms with van der Waals surface area (Å²) in [6, 6.07) is 8.85. The molecule has 1 aromatic rings. The first kappa shape index (κ1) is 11.0. The van der Waals surface area contributed by atoms with E-state index in [-0.39, 0.29) is 5.38 Å². The Kier molecular flexibility index (Phi) is 3.69. The first-order valence-electron chi connectivity index (χ1n) is 6.02. The zero-order valence-electron chi connectivity index (χ0n) is 9.38. The molecule has 0 bridgehead atoms.